The topological polar surface area (TPSA) is 81.2 Å². The first-order chi connectivity index (χ1) is 14.2. The number of carbonyl (C=O) groups excluding carboxylic acids is 2. The predicted molar refractivity (Wildman–Crippen MR) is 110 cm³/mol. The van der Waals surface area contributed by atoms with Gasteiger partial charge in [-0.25, -0.2) is 4.79 Å². The first kappa shape index (κ1) is 18.6. The Balaban J connectivity index is 1.61. The third-order valence-corrected chi connectivity index (χ3v) is 4.74. The van der Waals surface area contributed by atoms with E-state index in [9.17, 15) is 9.59 Å². The highest BCUT2D eigenvalue weighted by Gasteiger charge is 2.24. The maximum absolute atomic E-state index is 12.9. The van der Waals surface area contributed by atoms with E-state index in [-0.39, 0.29) is 12.3 Å². The summed E-state index contributed by atoms with van der Waals surface area (Å²) < 4.78 is 4.90. The summed E-state index contributed by atoms with van der Waals surface area (Å²) in [6, 6.07) is 19.7. The van der Waals surface area contributed by atoms with Crippen molar-refractivity contribution in [3.05, 3.63) is 84.2 Å². The Bertz CT molecular complexity index is 1200. The van der Waals surface area contributed by atoms with Gasteiger partial charge in [0.15, 0.2) is 0 Å². The van der Waals surface area contributed by atoms with Crippen molar-refractivity contribution in [3.63, 3.8) is 0 Å². The van der Waals surface area contributed by atoms with Crippen LogP contribution in [0.3, 0.4) is 0 Å². The Labute approximate surface area is 167 Å². The zero-order chi connectivity index (χ0) is 20.2. The lowest BCUT2D eigenvalue weighted by Crippen LogP contribution is -2.43. The van der Waals surface area contributed by atoms with Gasteiger partial charge in [0, 0.05) is 29.1 Å². The van der Waals surface area contributed by atoms with E-state index in [2.05, 4.69) is 15.3 Å². The molecule has 1 amide bonds. The summed E-state index contributed by atoms with van der Waals surface area (Å²) in [6.07, 6.45) is 1.86. The number of benzene rings is 2. The lowest BCUT2D eigenvalue weighted by Gasteiger charge is -2.17. The molecule has 2 aromatic carbocycles. The molecular weight excluding hydrogens is 366 g/mol. The number of carbonyl (C=O) groups is 2. The highest BCUT2D eigenvalue weighted by molar-refractivity contribution is 6.06. The summed E-state index contributed by atoms with van der Waals surface area (Å²) in [5, 5.41) is 4.64. The molecule has 4 aromatic rings. The highest BCUT2D eigenvalue weighted by atomic mass is 16.5. The number of ether oxygens (including phenoxy) is 1. The average molecular weight is 385 g/mol. The van der Waals surface area contributed by atoms with Gasteiger partial charge in [0.2, 0.25) is 0 Å². The minimum absolute atomic E-state index is 0.224. The van der Waals surface area contributed by atoms with Crippen molar-refractivity contribution in [1.29, 1.82) is 0 Å². The van der Waals surface area contributed by atoms with Crippen molar-refractivity contribution in [3.8, 4) is 0 Å². The van der Waals surface area contributed by atoms with E-state index in [0.29, 0.717) is 16.8 Å². The maximum atomic E-state index is 12.9. The van der Waals surface area contributed by atoms with Gasteiger partial charge in [-0.1, -0.05) is 42.5 Å². The molecule has 2 heterocycles. The fourth-order valence-corrected chi connectivity index (χ4v) is 3.29. The number of nitrogens with one attached hydrogen (secondary N) is 1. The molecule has 0 fully saturated rings. The fraction of sp³-hybridized carbons (Fsp3) is 0.130. The van der Waals surface area contributed by atoms with E-state index in [4.69, 9.17) is 4.74 Å². The second kappa shape index (κ2) is 8.06. The lowest BCUT2D eigenvalue weighted by molar-refractivity contribution is -0.142. The van der Waals surface area contributed by atoms with Crippen molar-refractivity contribution in [2.45, 2.75) is 12.5 Å². The maximum Gasteiger partial charge on any atom is 0.328 e. The van der Waals surface area contributed by atoms with Gasteiger partial charge >= 0.3 is 5.97 Å². The molecule has 1 atom stereocenters. The van der Waals surface area contributed by atoms with Gasteiger partial charge in [-0.15, -0.1) is 0 Å². The molecule has 1 N–H and O–H groups in total. The molecule has 0 aliphatic rings. The van der Waals surface area contributed by atoms with Gasteiger partial charge in [-0.2, -0.15) is 0 Å². The predicted octanol–water partition coefficient (Wildman–Crippen LogP) is 3.30. The molecule has 0 saturated carbocycles. The van der Waals surface area contributed by atoms with Crippen LogP contribution in [0.4, 0.5) is 0 Å². The van der Waals surface area contributed by atoms with Crippen molar-refractivity contribution in [1.82, 2.24) is 15.3 Å². The molecule has 0 unspecified atom stereocenters. The second-order valence-electron chi connectivity index (χ2n) is 6.63. The molecule has 6 heteroatoms. The Morgan fingerprint density at radius 2 is 1.76 bits per heavy atom. The van der Waals surface area contributed by atoms with Gasteiger partial charge in [0.05, 0.1) is 23.7 Å². The number of esters is 1. The molecule has 0 bridgehead atoms. The number of pyridine rings is 2. The summed E-state index contributed by atoms with van der Waals surface area (Å²) in [7, 11) is 1.30. The van der Waals surface area contributed by atoms with E-state index < -0.39 is 12.0 Å². The van der Waals surface area contributed by atoms with Gasteiger partial charge in [0.1, 0.15) is 6.04 Å². The van der Waals surface area contributed by atoms with E-state index in [1.807, 2.05) is 54.6 Å². The average Bonchev–Trinajstić information content (AvgIpc) is 2.77. The SMILES string of the molecule is COC(=O)[C@H](Cc1ccc2ccccc2n1)NC(=O)c1cccc2cccnc12. The summed E-state index contributed by atoms with van der Waals surface area (Å²) in [6.45, 7) is 0. The van der Waals surface area contributed by atoms with Crippen molar-refractivity contribution >= 4 is 33.7 Å². The fourth-order valence-electron chi connectivity index (χ4n) is 3.29. The molecule has 0 saturated heterocycles. The van der Waals surface area contributed by atoms with Crippen LogP contribution in [-0.4, -0.2) is 35.0 Å². The smallest absolute Gasteiger partial charge is 0.328 e. The standard InChI is InChI=1S/C23H19N3O3/c1-29-23(28)20(14-17-12-11-15-6-2-3-10-19(15)25-17)26-22(27)18-9-4-7-16-8-5-13-24-21(16)18/h2-13,20H,14H2,1H3,(H,26,27)/t20-/m0/s1. The van der Waals surface area contributed by atoms with Crippen LogP contribution in [0, 0.1) is 0 Å². The van der Waals surface area contributed by atoms with Crippen LogP contribution < -0.4 is 5.32 Å². The van der Waals surface area contributed by atoms with E-state index in [1.54, 1.807) is 18.3 Å². The minimum Gasteiger partial charge on any atom is -0.467 e. The molecule has 0 radical (unpaired) electrons. The number of amides is 1. The number of para-hydroxylation sites is 2. The quantitative estimate of drug-likeness (QED) is 0.533. The summed E-state index contributed by atoms with van der Waals surface area (Å²) in [5.41, 5.74) is 2.51. The summed E-state index contributed by atoms with van der Waals surface area (Å²) >= 11 is 0. The van der Waals surface area contributed by atoms with Crippen molar-refractivity contribution < 1.29 is 14.3 Å². The van der Waals surface area contributed by atoms with Gasteiger partial charge in [-0.05, 0) is 24.3 Å². The van der Waals surface area contributed by atoms with E-state index >= 15 is 0 Å². The Kier molecular flexibility index (Phi) is 5.16. The number of fused-ring (bicyclic) bond motifs is 2. The molecule has 29 heavy (non-hydrogen) atoms. The Hall–Kier alpha value is -3.80. The van der Waals surface area contributed by atoms with Crippen LogP contribution in [-0.2, 0) is 16.0 Å². The van der Waals surface area contributed by atoms with Crippen molar-refractivity contribution in [2.24, 2.45) is 0 Å². The summed E-state index contributed by atoms with van der Waals surface area (Å²) in [5.74, 6) is -0.910. The molecule has 0 aliphatic heterocycles. The number of rotatable bonds is 5. The second-order valence-corrected chi connectivity index (χ2v) is 6.63. The number of hydrogen-bond donors (Lipinski definition) is 1. The van der Waals surface area contributed by atoms with Crippen LogP contribution in [0.5, 0.6) is 0 Å². The van der Waals surface area contributed by atoms with Crippen LogP contribution >= 0.6 is 0 Å². The van der Waals surface area contributed by atoms with Crippen LogP contribution in [0.1, 0.15) is 16.1 Å². The van der Waals surface area contributed by atoms with Crippen LogP contribution in [0.15, 0.2) is 72.9 Å². The van der Waals surface area contributed by atoms with Gasteiger partial charge < -0.3 is 10.1 Å². The molecule has 144 valence electrons. The minimum atomic E-state index is -0.861. The number of nitrogens with zero attached hydrogens (tertiary/aromatic N) is 2. The van der Waals surface area contributed by atoms with E-state index in [0.717, 1.165) is 16.3 Å². The zero-order valence-corrected chi connectivity index (χ0v) is 15.8. The Morgan fingerprint density at radius 3 is 2.62 bits per heavy atom. The zero-order valence-electron chi connectivity index (χ0n) is 15.8. The highest BCUT2D eigenvalue weighted by Crippen LogP contribution is 2.17. The molecule has 0 spiro atoms. The van der Waals surface area contributed by atoms with Gasteiger partial charge in [0.25, 0.3) is 5.91 Å². The van der Waals surface area contributed by atoms with Gasteiger partial charge in [-0.3, -0.25) is 14.8 Å². The Morgan fingerprint density at radius 1 is 0.966 bits per heavy atom. The number of methoxy groups -OCH3 is 1. The normalized spacial score (nSPS) is 11.9. The van der Waals surface area contributed by atoms with Crippen molar-refractivity contribution in [2.75, 3.05) is 7.11 Å². The molecule has 4 rings (SSSR count). The number of hydrogen-bond acceptors (Lipinski definition) is 5. The molecule has 2 aromatic heterocycles. The lowest BCUT2D eigenvalue weighted by atomic mass is 10.1. The third-order valence-electron chi connectivity index (χ3n) is 4.74. The largest absolute Gasteiger partial charge is 0.467 e. The van der Waals surface area contributed by atoms with E-state index in [1.165, 1.54) is 7.11 Å². The first-order valence-corrected chi connectivity index (χ1v) is 9.23. The molecular formula is C23H19N3O3. The summed E-state index contributed by atoms with van der Waals surface area (Å²) in [4.78, 5) is 34.1. The van der Waals surface area contributed by atoms with Crippen LogP contribution in [0.2, 0.25) is 0 Å². The monoisotopic (exact) mass is 385 g/mol. The van der Waals surface area contributed by atoms with Crippen LogP contribution in [0.25, 0.3) is 21.8 Å². The number of aromatic nitrogens is 2. The third kappa shape index (κ3) is 3.91. The molecule has 0 aliphatic carbocycles. The molecule has 6 nitrogen and oxygen atoms in total. The first-order valence-electron chi connectivity index (χ1n) is 9.23.